The lowest BCUT2D eigenvalue weighted by Gasteiger charge is -2.44. The molecule has 0 aromatic rings. The number of hydrogen-bond donors (Lipinski definition) is 7. The predicted molar refractivity (Wildman–Crippen MR) is 134 cm³/mol. The number of aliphatic hydroxyl groups excluding tert-OH is 7. The molecule has 0 aromatic heterocycles. The number of rotatable bonds is 18. The van der Waals surface area contributed by atoms with Crippen LogP contribution < -0.4 is 0 Å². The van der Waals surface area contributed by atoms with E-state index in [1.807, 2.05) is 0 Å². The van der Waals surface area contributed by atoms with E-state index in [1.54, 1.807) is 0 Å². The van der Waals surface area contributed by atoms with Gasteiger partial charge in [0.25, 0.3) is 0 Å². The highest BCUT2D eigenvalue weighted by atomic mass is 16.8. The van der Waals surface area contributed by atoms with Crippen LogP contribution >= 0.6 is 0 Å². The fourth-order valence-corrected chi connectivity index (χ4v) is 4.90. The lowest BCUT2D eigenvalue weighted by atomic mass is 9.98. The standard InChI is InChI=1S/C26H48O12/c1-2-3-4-5-6-7-8-9-10-11-12-13-19(30)36-23-20(31)17(14-27)35-25(22(23)33)38-26(16-29)24(34)21(32)18(15-28)37-26/h17-18,20-25,27-29,31-34H,2-16H2,1H3/t17-,18-,20-,21-,22-,23+,24+,25-,26+/m1/s1. The summed E-state index contributed by atoms with van der Waals surface area (Å²) < 4.78 is 21.5. The maximum Gasteiger partial charge on any atom is 0.306 e. The van der Waals surface area contributed by atoms with Crippen LogP contribution in [-0.4, -0.2) is 116 Å². The Morgan fingerprint density at radius 1 is 0.763 bits per heavy atom. The molecule has 12 heteroatoms. The summed E-state index contributed by atoms with van der Waals surface area (Å²) in [5, 5.41) is 70.5. The fourth-order valence-electron chi connectivity index (χ4n) is 4.90. The van der Waals surface area contributed by atoms with Crippen molar-refractivity contribution in [3.05, 3.63) is 0 Å². The smallest absolute Gasteiger partial charge is 0.306 e. The van der Waals surface area contributed by atoms with Gasteiger partial charge in [-0.15, -0.1) is 0 Å². The van der Waals surface area contributed by atoms with Crippen molar-refractivity contribution >= 4 is 5.97 Å². The lowest BCUT2D eigenvalue weighted by Crippen LogP contribution is -2.63. The van der Waals surface area contributed by atoms with E-state index in [0.717, 1.165) is 19.3 Å². The number of aliphatic hydroxyl groups is 7. The van der Waals surface area contributed by atoms with Gasteiger partial charge in [0.15, 0.2) is 12.4 Å². The minimum Gasteiger partial charge on any atom is -0.456 e. The fraction of sp³-hybridized carbons (Fsp3) is 0.962. The van der Waals surface area contributed by atoms with Crippen LogP contribution in [0.5, 0.6) is 0 Å². The van der Waals surface area contributed by atoms with Crippen molar-refractivity contribution in [3.8, 4) is 0 Å². The number of unbranched alkanes of at least 4 members (excludes halogenated alkanes) is 10. The number of carbonyl (C=O) groups is 1. The number of ether oxygens (including phenoxy) is 4. The van der Waals surface area contributed by atoms with Crippen LogP contribution in [0.15, 0.2) is 0 Å². The molecule has 0 spiro atoms. The molecule has 2 rings (SSSR count). The van der Waals surface area contributed by atoms with E-state index in [0.29, 0.717) is 6.42 Å². The van der Waals surface area contributed by atoms with Crippen molar-refractivity contribution in [2.45, 2.75) is 139 Å². The Hall–Kier alpha value is -0.930. The Morgan fingerprint density at radius 2 is 1.32 bits per heavy atom. The zero-order chi connectivity index (χ0) is 28.1. The first kappa shape index (κ1) is 33.3. The Balaban J connectivity index is 1.83. The lowest BCUT2D eigenvalue weighted by molar-refractivity contribution is -0.383. The zero-order valence-electron chi connectivity index (χ0n) is 22.4. The molecule has 224 valence electrons. The van der Waals surface area contributed by atoms with Crippen molar-refractivity contribution < 1.29 is 59.5 Å². The highest BCUT2D eigenvalue weighted by Crippen LogP contribution is 2.36. The molecule has 0 amide bonds. The maximum atomic E-state index is 12.5. The SMILES string of the molecule is CCCCCCCCCCCCCC(=O)O[C@@H]1[C@@H](O)[C@@H](O[C@]2(CO)O[C@H](CO)[C@@H](O)[C@@H]2O)O[C@H](CO)[C@H]1O. The van der Waals surface area contributed by atoms with Gasteiger partial charge in [-0.1, -0.05) is 71.1 Å². The second-order valence-corrected chi connectivity index (χ2v) is 10.3. The van der Waals surface area contributed by atoms with Crippen LogP contribution in [0.2, 0.25) is 0 Å². The largest absolute Gasteiger partial charge is 0.456 e. The van der Waals surface area contributed by atoms with E-state index in [1.165, 1.54) is 44.9 Å². The van der Waals surface area contributed by atoms with Crippen molar-refractivity contribution in [2.75, 3.05) is 19.8 Å². The van der Waals surface area contributed by atoms with Gasteiger partial charge in [0, 0.05) is 6.42 Å². The van der Waals surface area contributed by atoms with Gasteiger partial charge < -0.3 is 54.7 Å². The van der Waals surface area contributed by atoms with Crippen LogP contribution in [0, 0.1) is 0 Å². The molecule has 0 unspecified atom stereocenters. The average Bonchev–Trinajstić information content (AvgIpc) is 3.16. The highest BCUT2D eigenvalue weighted by Gasteiger charge is 2.58. The molecule has 2 heterocycles. The normalized spacial score (nSPS) is 35.5. The van der Waals surface area contributed by atoms with Crippen LogP contribution in [-0.2, 0) is 23.7 Å². The van der Waals surface area contributed by atoms with E-state index in [2.05, 4.69) is 6.92 Å². The summed E-state index contributed by atoms with van der Waals surface area (Å²) in [4.78, 5) is 12.5. The molecule has 38 heavy (non-hydrogen) atoms. The Labute approximate surface area is 224 Å². The van der Waals surface area contributed by atoms with Gasteiger partial charge in [-0.25, -0.2) is 0 Å². The highest BCUT2D eigenvalue weighted by molar-refractivity contribution is 5.69. The summed E-state index contributed by atoms with van der Waals surface area (Å²) in [7, 11) is 0. The van der Waals surface area contributed by atoms with Crippen LogP contribution in [0.3, 0.4) is 0 Å². The summed E-state index contributed by atoms with van der Waals surface area (Å²) in [6.45, 7) is -0.177. The van der Waals surface area contributed by atoms with Crippen molar-refractivity contribution in [2.24, 2.45) is 0 Å². The number of carbonyl (C=O) groups excluding carboxylic acids is 1. The first-order chi connectivity index (χ1) is 18.2. The Kier molecular flexibility index (Phi) is 14.9. The molecular weight excluding hydrogens is 504 g/mol. The minimum atomic E-state index is -2.27. The van der Waals surface area contributed by atoms with Crippen molar-refractivity contribution in [1.29, 1.82) is 0 Å². The molecule has 2 fully saturated rings. The second-order valence-electron chi connectivity index (χ2n) is 10.3. The zero-order valence-corrected chi connectivity index (χ0v) is 22.4. The minimum absolute atomic E-state index is 0.0793. The van der Waals surface area contributed by atoms with Crippen molar-refractivity contribution in [1.82, 2.24) is 0 Å². The molecule has 2 aliphatic heterocycles. The Morgan fingerprint density at radius 3 is 1.82 bits per heavy atom. The third-order valence-corrected chi connectivity index (χ3v) is 7.30. The molecule has 0 saturated carbocycles. The summed E-state index contributed by atoms with van der Waals surface area (Å²) in [5.74, 6) is -2.92. The molecular formula is C26H48O12. The average molecular weight is 553 g/mol. The number of esters is 1. The van der Waals surface area contributed by atoms with E-state index in [4.69, 9.17) is 18.9 Å². The van der Waals surface area contributed by atoms with Crippen LogP contribution in [0.4, 0.5) is 0 Å². The number of hydrogen-bond acceptors (Lipinski definition) is 12. The quantitative estimate of drug-likeness (QED) is 0.0879. The van der Waals surface area contributed by atoms with Crippen LogP contribution in [0.1, 0.15) is 84.0 Å². The van der Waals surface area contributed by atoms with E-state index in [9.17, 15) is 40.5 Å². The second kappa shape index (κ2) is 17.0. The summed E-state index contributed by atoms with van der Waals surface area (Å²) in [6, 6.07) is 0. The predicted octanol–water partition coefficient (Wildman–Crippen LogP) is -0.144. The molecule has 7 N–H and O–H groups in total. The first-order valence-electron chi connectivity index (χ1n) is 14.0. The van der Waals surface area contributed by atoms with E-state index in [-0.39, 0.29) is 6.42 Å². The Bertz CT molecular complexity index is 666. The molecule has 0 aliphatic carbocycles. The van der Waals surface area contributed by atoms with Gasteiger partial charge in [0.2, 0.25) is 5.79 Å². The van der Waals surface area contributed by atoms with Gasteiger partial charge in [-0.2, -0.15) is 0 Å². The summed E-state index contributed by atoms with van der Waals surface area (Å²) in [6.07, 6.45) is -0.253. The van der Waals surface area contributed by atoms with Gasteiger partial charge in [0.05, 0.1) is 13.2 Å². The van der Waals surface area contributed by atoms with Gasteiger partial charge in [-0.3, -0.25) is 4.79 Å². The molecule has 9 atom stereocenters. The van der Waals surface area contributed by atoms with E-state index < -0.39 is 80.6 Å². The molecule has 0 bridgehead atoms. The van der Waals surface area contributed by atoms with Gasteiger partial charge in [0.1, 0.15) is 43.2 Å². The summed E-state index contributed by atoms with van der Waals surface area (Å²) >= 11 is 0. The molecule has 12 nitrogen and oxygen atoms in total. The third kappa shape index (κ3) is 9.05. The molecule has 0 radical (unpaired) electrons. The maximum absolute atomic E-state index is 12.5. The van der Waals surface area contributed by atoms with Gasteiger partial charge in [-0.05, 0) is 6.42 Å². The van der Waals surface area contributed by atoms with Gasteiger partial charge >= 0.3 is 5.97 Å². The molecule has 2 saturated heterocycles. The van der Waals surface area contributed by atoms with Crippen molar-refractivity contribution in [3.63, 3.8) is 0 Å². The van der Waals surface area contributed by atoms with E-state index >= 15 is 0 Å². The first-order valence-corrected chi connectivity index (χ1v) is 14.0. The summed E-state index contributed by atoms with van der Waals surface area (Å²) in [5.41, 5.74) is 0. The van der Waals surface area contributed by atoms with Crippen LogP contribution in [0.25, 0.3) is 0 Å². The molecule has 0 aromatic carbocycles. The topological polar surface area (TPSA) is 196 Å². The monoisotopic (exact) mass is 552 g/mol. The third-order valence-electron chi connectivity index (χ3n) is 7.30. The molecule has 2 aliphatic rings.